The van der Waals surface area contributed by atoms with Crippen molar-refractivity contribution >= 4 is 33.3 Å². The zero-order chi connectivity index (χ0) is 18.1. The number of thioether (sulfide) groups is 1. The minimum absolute atomic E-state index is 0.0226. The molecule has 0 fully saturated rings. The van der Waals surface area contributed by atoms with Gasteiger partial charge in [-0.25, -0.2) is 13.8 Å². The van der Waals surface area contributed by atoms with Crippen molar-refractivity contribution < 1.29 is 8.78 Å². The predicted molar refractivity (Wildman–Crippen MR) is 99.5 cm³/mol. The van der Waals surface area contributed by atoms with E-state index in [1.807, 2.05) is 13.8 Å². The second-order valence-electron chi connectivity index (χ2n) is 5.55. The normalized spacial score (nSPS) is 11.2. The topological polar surface area (TPSA) is 34.9 Å². The molecule has 130 valence electrons. The molecule has 3 aromatic rings. The monoisotopic (exact) mass is 378 g/mol. The molecule has 2 heterocycles. The van der Waals surface area contributed by atoms with Crippen LogP contribution >= 0.6 is 23.1 Å². The second kappa shape index (κ2) is 7.09. The van der Waals surface area contributed by atoms with Crippen LogP contribution in [-0.4, -0.2) is 9.55 Å². The summed E-state index contributed by atoms with van der Waals surface area (Å²) in [5.41, 5.74) is 0.751. The van der Waals surface area contributed by atoms with Gasteiger partial charge in [0.05, 0.1) is 5.39 Å². The van der Waals surface area contributed by atoms with Crippen LogP contribution in [-0.2, 0) is 12.3 Å². The molecule has 0 spiro atoms. The van der Waals surface area contributed by atoms with E-state index in [0.717, 1.165) is 22.2 Å². The summed E-state index contributed by atoms with van der Waals surface area (Å²) in [6.07, 6.45) is 1.61. The Hall–Kier alpha value is -1.99. The third-order valence-corrected chi connectivity index (χ3v) is 6.08. The lowest BCUT2D eigenvalue weighted by atomic mass is 10.2. The smallest absolute Gasteiger partial charge is 0.263 e. The Morgan fingerprint density at radius 2 is 2.00 bits per heavy atom. The summed E-state index contributed by atoms with van der Waals surface area (Å²) < 4.78 is 29.2. The maximum Gasteiger partial charge on any atom is 0.263 e. The second-order valence-corrected chi connectivity index (χ2v) is 7.70. The van der Waals surface area contributed by atoms with Crippen LogP contribution < -0.4 is 5.56 Å². The summed E-state index contributed by atoms with van der Waals surface area (Å²) in [4.78, 5) is 19.1. The number of halogens is 2. The number of thiophene rings is 1. The lowest BCUT2D eigenvalue weighted by Gasteiger charge is -2.11. The Labute approximate surface area is 152 Å². The maximum atomic E-state index is 13.8. The molecule has 0 saturated carbocycles. The molecule has 0 atom stereocenters. The molecule has 0 bridgehead atoms. The van der Waals surface area contributed by atoms with Gasteiger partial charge in [0.15, 0.2) is 5.16 Å². The highest BCUT2D eigenvalue weighted by Crippen LogP contribution is 2.30. The van der Waals surface area contributed by atoms with E-state index in [9.17, 15) is 13.6 Å². The van der Waals surface area contributed by atoms with Gasteiger partial charge in [0.1, 0.15) is 16.5 Å². The molecule has 2 aromatic heterocycles. The molecular formula is C18H16F2N2OS2. The first-order valence-electron chi connectivity index (χ1n) is 7.61. The molecule has 0 N–H and O–H groups in total. The van der Waals surface area contributed by atoms with E-state index in [1.54, 1.807) is 6.08 Å². The molecule has 0 radical (unpaired) electrons. The summed E-state index contributed by atoms with van der Waals surface area (Å²) in [6, 6.07) is 3.77. The first kappa shape index (κ1) is 17.8. The van der Waals surface area contributed by atoms with Crippen LogP contribution in [0.5, 0.6) is 0 Å². The number of rotatable bonds is 5. The number of benzene rings is 1. The van der Waals surface area contributed by atoms with Crippen molar-refractivity contribution in [3.8, 4) is 0 Å². The molecule has 3 rings (SSSR count). The van der Waals surface area contributed by atoms with Crippen molar-refractivity contribution in [3.05, 3.63) is 68.8 Å². The van der Waals surface area contributed by atoms with Crippen LogP contribution in [0.25, 0.3) is 10.2 Å². The van der Waals surface area contributed by atoms with Gasteiger partial charge in [-0.2, -0.15) is 0 Å². The van der Waals surface area contributed by atoms with Crippen molar-refractivity contribution in [2.24, 2.45) is 0 Å². The van der Waals surface area contributed by atoms with Crippen LogP contribution in [0, 0.1) is 25.5 Å². The predicted octanol–water partition coefficient (Wildman–Crippen LogP) is 4.83. The number of nitrogens with zero attached hydrogens (tertiary/aromatic N) is 2. The number of hydrogen-bond donors (Lipinski definition) is 0. The fourth-order valence-electron chi connectivity index (χ4n) is 2.52. The third-order valence-electron chi connectivity index (χ3n) is 3.97. The van der Waals surface area contributed by atoms with Crippen molar-refractivity contribution in [2.75, 3.05) is 0 Å². The van der Waals surface area contributed by atoms with Gasteiger partial charge in [-0.05, 0) is 31.5 Å². The molecule has 0 saturated heterocycles. The van der Waals surface area contributed by atoms with Gasteiger partial charge in [-0.1, -0.05) is 23.9 Å². The van der Waals surface area contributed by atoms with Crippen molar-refractivity contribution in [2.45, 2.75) is 31.3 Å². The van der Waals surface area contributed by atoms with Crippen LogP contribution in [0.1, 0.15) is 16.0 Å². The molecule has 0 aliphatic rings. The molecule has 7 heteroatoms. The van der Waals surface area contributed by atoms with Crippen molar-refractivity contribution in [1.82, 2.24) is 9.55 Å². The number of aromatic nitrogens is 2. The van der Waals surface area contributed by atoms with E-state index in [1.165, 1.54) is 34.1 Å². The Morgan fingerprint density at radius 1 is 1.32 bits per heavy atom. The fraction of sp³-hybridized carbons (Fsp3) is 0.222. The van der Waals surface area contributed by atoms with Crippen molar-refractivity contribution in [3.63, 3.8) is 0 Å². The summed E-state index contributed by atoms with van der Waals surface area (Å²) in [5, 5.41) is 1.03. The van der Waals surface area contributed by atoms with E-state index in [4.69, 9.17) is 0 Å². The average Bonchev–Trinajstić information content (AvgIpc) is 2.85. The first-order chi connectivity index (χ1) is 11.9. The lowest BCUT2D eigenvalue weighted by Crippen LogP contribution is -2.22. The molecule has 25 heavy (non-hydrogen) atoms. The summed E-state index contributed by atoms with van der Waals surface area (Å²) >= 11 is 2.59. The van der Waals surface area contributed by atoms with Gasteiger partial charge in [-0.3, -0.25) is 9.36 Å². The molecule has 0 unspecified atom stereocenters. The SMILES string of the molecule is C=CCn1c(SCc2c(F)cccc2F)nc2sc(C)c(C)c2c1=O. The van der Waals surface area contributed by atoms with Gasteiger partial charge in [0.2, 0.25) is 0 Å². The standard InChI is InChI=1S/C18H16F2N2OS2/c1-4-8-22-17(23)15-10(2)11(3)25-16(15)21-18(22)24-9-12-13(19)6-5-7-14(12)20/h4-7H,1,8-9H2,2-3H3. The maximum absolute atomic E-state index is 13.8. The highest BCUT2D eigenvalue weighted by molar-refractivity contribution is 7.98. The van der Waals surface area contributed by atoms with Crippen LogP contribution in [0.15, 0.2) is 40.8 Å². The van der Waals surface area contributed by atoms with Gasteiger partial charge in [0.25, 0.3) is 5.56 Å². The van der Waals surface area contributed by atoms with Gasteiger partial charge < -0.3 is 0 Å². The number of hydrogen-bond acceptors (Lipinski definition) is 4. The summed E-state index contributed by atoms with van der Waals surface area (Å²) in [7, 11) is 0. The Kier molecular flexibility index (Phi) is 5.06. The molecular weight excluding hydrogens is 362 g/mol. The number of allylic oxidation sites excluding steroid dienone is 1. The van der Waals surface area contributed by atoms with E-state index in [-0.39, 0.29) is 23.4 Å². The molecule has 0 amide bonds. The molecule has 3 nitrogen and oxygen atoms in total. The largest absolute Gasteiger partial charge is 0.283 e. The molecule has 0 aliphatic carbocycles. The zero-order valence-electron chi connectivity index (χ0n) is 13.8. The minimum atomic E-state index is -0.603. The van der Waals surface area contributed by atoms with Gasteiger partial charge in [-0.15, -0.1) is 17.9 Å². The van der Waals surface area contributed by atoms with Crippen LogP contribution in [0.4, 0.5) is 8.78 Å². The highest BCUT2D eigenvalue weighted by atomic mass is 32.2. The Bertz CT molecular complexity index is 1000. The average molecular weight is 378 g/mol. The Balaban J connectivity index is 2.07. The molecule has 1 aromatic carbocycles. The van der Waals surface area contributed by atoms with Crippen LogP contribution in [0.3, 0.4) is 0 Å². The van der Waals surface area contributed by atoms with E-state index >= 15 is 0 Å². The minimum Gasteiger partial charge on any atom is -0.283 e. The van der Waals surface area contributed by atoms with Crippen molar-refractivity contribution in [1.29, 1.82) is 0 Å². The first-order valence-corrected chi connectivity index (χ1v) is 9.41. The lowest BCUT2D eigenvalue weighted by molar-refractivity contribution is 0.566. The quantitative estimate of drug-likeness (QED) is 0.362. The summed E-state index contributed by atoms with van der Waals surface area (Å²) in [5.74, 6) is -1.15. The van der Waals surface area contributed by atoms with Gasteiger partial charge in [0, 0.05) is 22.7 Å². The van der Waals surface area contributed by atoms with E-state index in [0.29, 0.717) is 15.4 Å². The molecule has 0 aliphatic heterocycles. The summed E-state index contributed by atoms with van der Waals surface area (Å²) in [6.45, 7) is 7.81. The third kappa shape index (κ3) is 3.26. The number of fused-ring (bicyclic) bond motifs is 1. The zero-order valence-corrected chi connectivity index (χ0v) is 15.4. The van der Waals surface area contributed by atoms with Crippen LogP contribution in [0.2, 0.25) is 0 Å². The van der Waals surface area contributed by atoms with Gasteiger partial charge >= 0.3 is 0 Å². The Morgan fingerprint density at radius 3 is 2.64 bits per heavy atom. The highest BCUT2D eigenvalue weighted by Gasteiger charge is 2.17. The fourth-order valence-corrected chi connectivity index (χ4v) is 4.61. The number of aryl methyl sites for hydroxylation is 2. The van der Waals surface area contributed by atoms with E-state index in [2.05, 4.69) is 11.6 Å². The van der Waals surface area contributed by atoms with E-state index < -0.39 is 11.6 Å².